The van der Waals surface area contributed by atoms with Crippen LogP contribution >= 0.6 is 27.7 Å². The van der Waals surface area contributed by atoms with Crippen molar-refractivity contribution in [2.45, 2.75) is 11.7 Å². The van der Waals surface area contributed by atoms with Gasteiger partial charge in [0, 0.05) is 16.6 Å². The van der Waals surface area contributed by atoms with Crippen molar-refractivity contribution in [3.63, 3.8) is 0 Å². The van der Waals surface area contributed by atoms with Crippen molar-refractivity contribution in [1.29, 1.82) is 0 Å². The Kier molecular flexibility index (Phi) is 6.18. The average Bonchev–Trinajstić information content (AvgIpc) is 2.94. The Hall–Kier alpha value is -2.32. The number of thioether (sulfide) groups is 1. The summed E-state index contributed by atoms with van der Waals surface area (Å²) in [6, 6.07) is 14.0. The molecule has 2 aromatic carbocycles. The zero-order chi connectivity index (χ0) is 19.4. The van der Waals surface area contributed by atoms with Gasteiger partial charge in [0.2, 0.25) is 17.7 Å². The number of nitrogens with one attached hydrogen (secondary N) is 1. The van der Waals surface area contributed by atoms with E-state index in [4.69, 9.17) is 4.74 Å². The van der Waals surface area contributed by atoms with Gasteiger partial charge in [-0.05, 0) is 42.5 Å². The van der Waals surface area contributed by atoms with Crippen LogP contribution in [0.5, 0.6) is 5.75 Å². The molecule has 140 valence electrons. The molecule has 8 heteroatoms. The third-order valence-corrected chi connectivity index (χ3v) is 5.65. The van der Waals surface area contributed by atoms with Crippen molar-refractivity contribution in [2.75, 3.05) is 23.1 Å². The van der Waals surface area contributed by atoms with Crippen molar-refractivity contribution >= 4 is 56.8 Å². The minimum Gasteiger partial charge on any atom is -0.497 e. The van der Waals surface area contributed by atoms with Crippen LogP contribution in [0.1, 0.15) is 6.42 Å². The van der Waals surface area contributed by atoms with Gasteiger partial charge in [0.15, 0.2) is 0 Å². The highest BCUT2D eigenvalue weighted by Crippen LogP contribution is 2.30. The van der Waals surface area contributed by atoms with E-state index in [-0.39, 0.29) is 29.9 Å². The lowest BCUT2D eigenvalue weighted by Crippen LogP contribution is -2.31. The molecule has 3 rings (SSSR count). The standard InChI is InChI=1S/C19H17BrN2O4S/c1-26-15-7-5-14(6-8-15)22-18(24)10-16(19(22)25)27-11-17(23)21-13-4-2-3-12(20)9-13/h2-9,16H,10-11H2,1H3,(H,21,23)/t16-/m0/s1. The molecule has 1 N–H and O–H groups in total. The lowest BCUT2D eigenvalue weighted by molar-refractivity contribution is -0.121. The summed E-state index contributed by atoms with van der Waals surface area (Å²) in [6.07, 6.45) is 0.0830. The van der Waals surface area contributed by atoms with E-state index in [9.17, 15) is 14.4 Å². The van der Waals surface area contributed by atoms with Crippen LogP contribution in [0.15, 0.2) is 53.0 Å². The number of methoxy groups -OCH3 is 1. The number of rotatable bonds is 6. The first kappa shape index (κ1) is 19.4. The van der Waals surface area contributed by atoms with Gasteiger partial charge in [0.05, 0.1) is 23.8 Å². The molecule has 2 aromatic rings. The van der Waals surface area contributed by atoms with Crippen LogP contribution in [0, 0.1) is 0 Å². The Morgan fingerprint density at radius 2 is 2.00 bits per heavy atom. The Morgan fingerprint density at radius 1 is 1.26 bits per heavy atom. The molecule has 6 nitrogen and oxygen atoms in total. The molecule has 1 aliphatic rings. The third kappa shape index (κ3) is 4.70. The predicted octanol–water partition coefficient (Wildman–Crippen LogP) is 3.46. The van der Waals surface area contributed by atoms with Gasteiger partial charge in [-0.15, -0.1) is 11.8 Å². The molecule has 0 saturated carbocycles. The zero-order valence-corrected chi connectivity index (χ0v) is 16.9. The molecule has 0 spiro atoms. The van der Waals surface area contributed by atoms with Crippen molar-refractivity contribution in [3.8, 4) is 5.75 Å². The Morgan fingerprint density at radius 3 is 2.67 bits per heavy atom. The average molecular weight is 449 g/mol. The highest BCUT2D eigenvalue weighted by Gasteiger charge is 2.40. The van der Waals surface area contributed by atoms with Gasteiger partial charge >= 0.3 is 0 Å². The molecule has 0 aliphatic carbocycles. The summed E-state index contributed by atoms with van der Waals surface area (Å²) in [4.78, 5) is 38.2. The molecule has 0 aromatic heterocycles. The molecule has 0 unspecified atom stereocenters. The van der Waals surface area contributed by atoms with E-state index in [1.54, 1.807) is 43.5 Å². The predicted molar refractivity (Wildman–Crippen MR) is 109 cm³/mol. The summed E-state index contributed by atoms with van der Waals surface area (Å²) >= 11 is 4.52. The Labute approximate surface area is 169 Å². The van der Waals surface area contributed by atoms with Crippen molar-refractivity contribution in [3.05, 3.63) is 53.0 Å². The Balaban J connectivity index is 1.58. The topological polar surface area (TPSA) is 75.7 Å². The number of amides is 3. The molecular formula is C19H17BrN2O4S. The van der Waals surface area contributed by atoms with Crippen LogP contribution in [0.2, 0.25) is 0 Å². The number of carbonyl (C=O) groups excluding carboxylic acids is 3. The van der Waals surface area contributed by atoms with E-state index in [1.165, 1.54) is 16.7 Å². The van der Waals surface area contributed by atoms with Crippen LogP contribution in [0.25, 0.3) is 0 Å². The molecule has 27 heavy (non-hydrogen) atoms. The van der Waals surface area contributed by atoms with E-state index in [2.05, 4.69) is 21.2 Å². The van der Waals surface area contributed by atoms with E-state index in [0.717, 1.165) is 4.47 Å². The summed E-state index contributed by atoms with van der Waals surface area (Å²) in [5.74, 6) is -0.0538. The summed E-state index contributed by atoms with van der Waals surface area (Å²) in [5, 5.41) is 2.21. The van der Waals surface area contributed by atoms with Crippen LogP contribution in [0.4, 0.5) is 11.4 Å². The molecule has 1 saturated heterocycles. The maximum absolute atomic E-state index is 12.6. The largest absolute Gasteiger partial charge is 0.497 e. The minimum absolute atomic E-state index is 0.0830. The minimum atomic E-state index is -0.562. The van der Waals surface area contributed by atoms with Crippen LogP contribution in [0.3, 0.4) is 0 Å². The van der Waals surface area contributed by atoms with Gasteiger partial charge in [-0.2, -0.15) is 0 Å². The summed E-state index contributed by atoms with van der Waals surface area (Å²) < 4.78 is 5.95. The monoisotopic (exact) mass is 448 g/mol. The first-order valence-corrected chi connectivity index (χ1v) is 10.00. The second kappa shape index (κ2) is 8.58. The summed E-state index contributed by atoms with van der Waals surface area (Å²) in [6.45, 7) is 0. The number of carbonyl (C=O) groups is 3. The van der Waals surface area contributed by atoms with E-state index < -0.39 is 5.25 Å². The summed E-state index contributed by atoms with van der Waals surface area (Å²) in [7, 11) is 1.55. The number of ether oxygens (including phenoxy) is 1. The normalized spacial score (nSPS) is 16.5. The van der Waals surface area contributed by atoms with Gasteiger partial charge in [0.25, 0.3) is 0 Å². The fourth-order valence-electron chi connectivity index (χ4n) is 2.68. The maximum atomic E-state index is 12.6. The molecule has 1 aliphatic heterocycles. The SMILES string of the molecule is COc1ccc(N2C(=O)C[C@H](SCC(=O)Nc3cccc(Br)c3)C2=O)cc1. The van der Waals surface area contributed by atoms with Crippen molar-refractivity contribution in [2.24, 2.45) is 0 Å². The Bertz CT molecular complexity index is 872. The fourth-order valence-corrected chi connectivity index (χ4v) is 4.01. The maximum Gasteiger partial charge on any atom is 0.247 e. The molecule has 0 bridgehead atoms. The number of benzene rings is 2. The molecule has 1 fully saturated rings. The highest BCUT2D eigenvalue weighted by molar-refractivity contribution is 9.10. The number of hydrogen-bond acceptors (Lipinski definition) is 5. The highest BCUT2D eigenvalue weighted by atomic mass is 79.9. The van der Waals surface area contributed by atoms with E-state index >= 15 is 0 Å². The number of imide groups is 1. The van der Waals surface area contributed by atoms with E-state index in [0.29, 0.717) is 17.1 Å². The van der Waals surface area contributed by atoms with Gasteiger partial charge < -0.3 is 10.1 Å². The first-order chi connectivity index (χ1) is 13.0. The van der Waals surface area contributed by atoms with Gasteiger partial charge in [-0.3, -0.25) is 14.4 Å². The van der Waals surface area contributed by atoms with Crippen molar-refractivity contribution < 1.29 is 19.1 Å². The third-order valence-electron chi connectivity index (χ3n) is 3.96. The quantitative estimate of drug-likeness (QED) is 0.684. The van der Waals surface area contributed by atoms with Crippen LogP contribution in [-0.2, 0) is 14.4 Å². The molecular weight excluding hydrogens is 432 g/mol. The van der Waals surface area contributed by atoms with Crippen molar-refractivity contribution in [1.82, 2.24) is 0 Å². The van der Waals surface area contributed by atoms with Crippen LogP contribution in [-0.4, -0.2) is 35.8 Å². The van der Waals surface area contributed by atoms with E-state index in [1.807, 2.05) is 12.1 Å². The molecule has 3 amide bonds. The second-order valence-electron chi connectivity index (χ2n) is 5.83. The van der Waals surface area contributed by atoms with Crippen LogP contribution < -0.4 is 15.0 Å². The fraction of sp³-hybridized carbons (Fsp3) is 0.211. The first-order valence-electron chi connectivity index (χ1n) is 8.16. The zero-order valence-electron chi connectivity index (χ0n) is 14.5. The number of hydrogen-bond donors (Lipinski definition) is 1. The molecule has 0 radical (unpaired) electrons. The molecule has 1 atom stereocenters. The number of nitrogens with zero attached hydrogens (tertiary/aromatic N) is 1. The second-order valence-corrected chi connectivity index (χ2v) is 7.93. The van der Waals surface area contributed by atoms with Gasteiger partial charge in [-0.1, -0.05) is 22.0 Å². The smallest absolute Gasteiger partial charge is 0.247 e. The lowest BCUT2D eigenvalue weighted by atomic mass is 10.3. The summed E-state index contributed by atoms with van der Waals surface area (Å²) in [5.41, 5.74) is 1.18. The number of halogens is 1. The molecule has 1 heterocycles. The number of anilines is 2. The van der Waals surface area contributed by atoms with Gasteiger partial charge in [0.1, 0.15) is 5.75 Å². The van der Waals surface area contributed by atoms with Gasteiger partial charge in [-0.25, -0.2) is 4.90 Å². The lowest BCUT2D eigenvalue weighted by Gasteiger charge is -2.15.